The van der Waals surface area contributed by atoms with Crippen molar-refractivity contribution in [1.29, 1.82) is 0 Å². The molecule has 0 aromatic carbocycles. The Labute approximate surface area is 99.1 Å². The predicted octanol–water partition coefficient (Wildman–Crippen LogP) is 0.184. The van der Waals surface area contributed by atoms with E-state index in [2.05, 4.69) is 0 Å². The lowest BCUT2D eigenvalue weighted by molar-refractivity contribution is -0.129. The monoisotopic (exact) mass is 233 g/mol. The van der Waals surface area contributed by atoms with E-state index in [-0.39, 0.29) is 11.9 Å². The van der Waals surface area contributed by atoms with Gasteiger partial charge in [-0.3, -0.25) is 9.69 Å². The molecule has 5 nitrogen and oxygen atoms in total. The van der Waals surface area contributed by atoms with E-state index in [0.717, 1.165) is 6.54 Å². The predicted molar refractivity (Wildman–Crippen MR) is 67.1 cm³/mol. The molecule has 0 aromatic rings. The summed E-state index contributed by atoms with van der Waals surface area (Å²) in [7, 11) is 0. The van der Waals surface area contributed by atoms with Crippen LogP contribution in [0.5, 0.6) is 0 Å². The Morgan fingerprint density at radius 3 is 2.38 bits per heavy atom. The van der Waals surface area contributed by atoms with E-state index in [1.54, 1.807) is 0 Å². The maximum absolute atomic E-state index is 10.9. The van der Waals surface area contributed by atoms with Gasteiger partial charge in [0.1, 0.15) is 6.04 Å². The zero-order chi connectivity index (χ0) is 13.0. The molecule has 1 aliphatic heterocycles. The first-order valence-electron chi connectivity index (χ1n) is 6.07. The van der Waals surface area contributed by atoms with Crippen LogP contribution >= 0.6 is 0 Å². The van der Waals surface area contributed by atoms with Crippen molar-refractivity contribution in [2.45, 2.75) is 33.7 Å². The summed E-state index contributed by atoms with van der Waals surface area (Å²) in [5, 5.41) is 0. The molecular formula is C11H27N3O2. The fourth-order valence-electron chi connectivity index (χ4n) is 1.33. The molecule has 0 saturated carbocycles. The minimum atomic E-state index is -0.330. The van der Waals surface area contributed by atoms with E-state index in [1.165, 1.54) is 0 Å². The Morgan fingerprint density at radius 2 is 1.94 bits per heavy atom. The molecule has 0 aliphatic carbocycles. The summed E-state index contributed by atoms with van der Waals surface area (Å²) >= 11 is 0. The van der Waals surface area contributed by atoms with E-state index in [9.17, 15) is 4.79 Å². The summed E-state index contributed by atoms with van der Waals surface area (Å²) in [6.07, 6.45) is 0. The summed E-state index contributed by atoms with van der Waals surface area (Å²) < 4.78 is 5.14. The maximum Gasteiger partial charge on any atom is 0.237 e. The summed E-state index contributed by atoms with van der Waals surface area (Å²) in [6, 6.07) is -0.290. The number of morpholine rings is 1. The number of carbonyl (C=O) groups is 1. The second-order valence-electron chi connectivity index (χ2n) is 2.82. The van der Waals surface area contributed by atoms with Crippen molar-refractivity contribution in [3.05, 3.63) is 0 Å². The van der Waals surface area contributed by atoms with Gasteiger partial charge in [-0.1, -0.05) is 27.7 Å². The first-order valence-corrected chi connectivity index (χ1v) is 6.07. The molecule has 1 saturated heterocycles. The molecule has 1 atom stereocenters. The molecule has 1 rings (SSSR count). The molecule has 0 bridgehead atoms. The van der Waals surface area contributed by atoms with Crippen LogP contribution < -0.4 is 11.5 Å². The minimum Gasteiger partial charge on any atom is -0.378 e. The normalized spacial score (nSPS) is 19.9. The highest BCUT2D eigenvalue weighted by atomic mass is 16.5. The van der Waals surface area contributed by atoms with E-state index in [4.69, 9.17) is 16.2 Å². The van der Waals surface area contributed by atoms with Crippen LogP contribution in [0.3, 0.4) is 0 Å². The van der Waals surface area contributed by atoms with Crippen molar-refractivity contribution < 1.29 is 9.53 Å². The van der Waals surface area contributed by atoms with Gasteiger partial charge in [0.15, 0.2) is 0 Å². The molecule has 1 unspecified atom stereocenters. The summed E-state index contributed by atoms with van der Waals surface area (Å²) in [5.74, 6) is -0.330. The lowest BCUT2D eigenvalue weighted by Crippen LogP contribution is -2.53. The summed E-state index contributed by atoms with van der Waals surface area (Å²) in [6.45, 7) is 11.0. The minimum absolute atomic E-state index is 0.290. The molecule has 0 aromatic heterocycles. The van der Waals surface area contributed by atoms with Crippen LogP contribution in [0.15, 0.2) is 0 Å². The van der Waals surface area contributed by atoms with Gasteiger partial charge in [-0.05, 0) is 0 Å². The Bertz CT molecular complexity index is 163. The van der Waals surface area contributed by atoms with Gasteiger partial charge in [0.2, 0.25) is 5.91 Å². The second kappa shape index (κ2) is 12.4. The number of primary amides is 1. The van der Waals surface area contributed by atoms with Crippen molar-refractivity contribution in [3.8, 4) is 0 Å². The van der Waals surface area contributed by atoms with Gasteiger partial charge in [0.25, 0.3) is 0 Å². The summed E-state index contributed by atoms with van der Waals surface area (Å²) in [4.78, 5) is 12.9. The van der Waals surface area contributed by atoms with E-state index < -0.39 is 0 Å². The van der Waals surface area contributed by atoms with Crippen molar-refractivity contribution in [3.63, 3.8) is 0 Å². The molecule has 5 heteroatoms. The van der Waals surface area contributed by atoms with Gasteiger partial charge in [-0.25, -0.2) is 0 Å². The summed E-state index contributed by atoms with van der Waals surface area (Å²) in [5.41, 5.74) is 10.6. The molecule has 98 valence electrons. The molecule has 0 spiro atoms. The Morgan fingerprint density at radius 1 is 1.38 bits per heavy atom. The van der Waals surface area contributed by atoms with E-state index in [1.807, 2.05) is 32.6 Å². The number of carbonyl (C=O) groups excluding carboxylic acids is 1. The van der Waals surface area contributed by atoms with Crippen LogP contribution in [0.1, 0.15) is 27.7 Å². The third kappa shape index (κ3) is 6.76. The van der Waals surface area contributed by atoms with Crippen LogP contribution in [0, 0.1) is 0 Å². The van der Waals surface area contributed by atoms with Gasteiger partial charge in [-0.2, -0.15) is 0 Å². The molecular weight excluding hydrogens is 206 g/mol. The van der Waals surface area contributed by atoms with E-state index in [0.29, 0.717) is 26.3 Å². The van der Waals surface area contributed by atoms with Crippen molar-refractivity contribution in [2.75, 3.05) is 32.8 Å². The number of ether oxygens (including phenoxy) is 1. The average molecular weight is 233 g/mol. The van der Waals surface area contributed by atoms with Gasteiger partial charge >= 0.3 is 0 Å². The van der Waals surface area contributed by atoms with Crippen LogP contribution in [0.4, 0.5) is 0 Å². The molecule has 1 fully saturated rings. The Kier molecular flexibility index (Phi) is 13.8. The van der Waals surface area contributed by atoms with Gasteiger partial charge in [0.05, 0.1) is 13.2 Å². The largest absolute Gasteiger partial charge is 0.378 e. The SMILES string of the molecule is CC.CC.NCCN1CCOCC1C(N)=O. The molecule has 1 heterocycles. The van der Waals surface area contributed by atoms with Crippen LogP contribution in [0.2, 0.25) is 0 Å². The Hall–Kier alpha value is -0.650. The first kappa shape index (κ1) is 17.7. The zero-order valence-electron chi connectivity index (χ0n) is 11.0. The zero-order valence-corrected chi connectivity index (χ0v) is 11.0. The van der Waals surface area contributed by atoms with E-state index >= 15 is 0 Å². The highest BCUT2D eigenvalue weighted by Gasteiger charge is 2.26. The van der Waals surface area contributed by atoms with Gasteiger partial charge in [0, 0.05) is 19.6 Å². The molecule has 16 heavy (non-hydrogen) atoms. The lowest BCUT2D eigenvalue weighted by Gasteiger charge is -2.32. The molecule has 4 N–H and O–H groups in total. The first-order chi connectivity index (χ1) is 7.75. The van der Waals surface area contributed by atoms with Crippen molar-refractivity contribution >= 4 is 5.91 Å². The highest BCUT2D eigenvalue weighted by Crippen LogP contribution is 2.04. The number of nitrogens with two attached hydrogens (primary N) is 2. The Balaban J connectivity index is 0. The standard InChI is InChI=1S/C7H15N3O2.2C2H6/c8-1-2-10-3-4-12-5-6(10)7(9)11;2*1-2/h6H,1-5,8H2,(H2,9,11);2*1-2H3. The highest BCUT2D eigenvalue weighted by molar-refractivity contribution is 5.80. The fraction of sp³-hybridized carbons (Fsp3) is 0.909. The number of nitrogens with zero attached hydrogens (tertiary/aromatic N) is 1. The van der Waals surface area contributed by atoms with Crippen LogP contribution in [0.25, 0.3) is 0 Å². The fourth-order valence-corrected chi connectivity index (χ4v) is 1.33. The third-order valence-corrected chi connectivity index (χ3v) is 1.98. The quantitative estimate of drug-likeness (QED) is 0.729. The number of hydrogen-bond acceptors (Lipinski definition) is 4. The maximum atomic E-state index is 10.9. The van der Waals surface area contributed by atoms with Crippen LogP contribution in [-0.4, -0.2) is 49.7 Å². The number of rotatable bonds is 3. The number of hydrogen-bond donors (Lipinski definition) is 2. The van der Waals surface area contributed by atoms with Crippen LogP contribution in [-0.2, 0) is 9.53 Å². The average Bonchev–Trinajstić information content (AvgIpc) is 2.35. The van der Waals surface area contributed by atoms with Gasteiger partial charge < -0.3 is 16.2 Å². The number of amides is 1. The van der Waals surface area contributed by atoms with Crippen molar-refractivity contribution in [2.24, 2.45) is 11.5 Å². The molecule has 1 amide bonds. The lowest BCUT2D eigenvalue weighted by atomic mass is 10.2. The van der Waals surface area contributed by atoms with Gasteiger partial charge in [-0.15, -0.1) is 0 Å². The third-order valence-electron chi connectivity index (χ3n) is 1.98. The molecule has 1 aliphatic rings. The topological polar surface area (TPSA) is 81.6 Å². The van der Waals surface area contributed by atoms with Crippen molar-refractivity contribution in [1.82, 2.24) is 4.90 Å². The molecule has 0 radical (unpaired) electrons. The smallest absolute Gasteiger partial charge is 0.237 e. The second-order valence-corrected chi connectivity index (χ2v) is 2.82.